The van der Waals surface area contributed by atoms with Gasteiger partial charge in [0.1, 0.15) is 11.4 Å². The molecule has 0 N–H and O–H groups in total. The highest BCUT2D eigenvalue weighted by atomic mass is 19.3. The average Bonchev–Trinajstić information content (AvgIpc) is 3.09. The molecule has 0 aliphatic heterocycles. The average molecular weight is 346 g/mol. The monoisotopic (exact) mass is 346 g/mol. The van der Waals surface area contributed by atoms with E-state index < -0.39 is 6.61 Å². The summed E-state index contributed by atoms with van der Waals surface area (Å²) in [7, 11) is 0. The SMILES string of the molecule is FC(F)Oc1ccccc1/C=N/OCc1nc(-c2ccccn2)no1. The van der Waals surface area contributed by atoms with E-state index in [1.165, 1.54) is 12.3 Å². The van der Waals surface area contributed by atoms with Crippen molar-refractivity contribution >= 4 is 6.21 Å². The zero-order valence-corrected chi connectivity index (χ0v) is 12.8. The molecule has 0 saturated heterocycles. The predicted molar refractivity (Wildman–Crippen MR) is 83.0 cm³/mol. The molecule has 3 aromatic rings. The molecule has 0 aliphatic rings. The molecule has 0 fully saturated rings. The molecular formula is C16H12F2N4O3. The number of halogens is 2. The number of hydrogen-bond donors (Lipinski definition) is 0. The lowest BCUT2D eigenvalue weighted by atomic mass is 10.2. The minimum Gasteiger partial charge on any atom is -0.434 e. The quantitative estimate of drug-likeness (QED) is 0.482. The fourth-order valence-corrected chi connectivity index (χ4v) is 1.89. The predicted octanol–water partition coefficient (Wildman–Crippen LogP) is 3.28. The Balaban J connectivity index is 1.59. The van der Waals surface area contributed by atoms with Gasteiger partial charge in [0.05, 0.1) is 6.21 Å². The van der Waals surface area contributed by atoms with E-state index in [0.717, 1.165) is 0 Å². The van der Waals surface area contributed by atoms with Gasteiger partial charge in [-0.15, -0.1) is 0 Å². The maximum atomic E-state index is 12.3. The molecule has 0 spiro atoms. The maximum Gasteiger partial charge on any atom is 0.387 e. The van der Waals surface area contributed by atoms with Crippen molar-refractivity contribution in [2.24, 2.45) is 5.16 Å². The third kappa shape index (κ3) is 4.56. The molecule has 0 atom stereocenters. The maximum absolute atomic E-state index is 12.3. The van der Waals surface area contributed by atoms with Crippen molar-refractivity contribution in [1.29, 1.82) is 0 Å². The number of pyridine rings is 1. The highest BCUT2D eigenvalue weighted by Gasteiger charge is 2.10. The van der Waals surface area contributed by atoms with E-state index in [0.29, 0.717) is 17.1 Å². The summed E-state index contributed by atoms with van der Waals surface area (Å²) in [5.41, 5.74) is 0.918. The van der Waals surface area contributed by atoms with Gasteiger partial charge < -0.3 is 14.1 Å². The van der Waals surface area contributed by atoms with Gasteiger partial charge in [-0.25, -0.2) is 0 Å². The Hall–Kier alpha value is -3.36. The fraction of sp³-hybridized carbons (Fsp3) is 0.125. The van der Waals surface area contributed by atoms with Crippen molar-refractivity contribution in [3.63, 3.8) is 0 Å². The minimum absolute atomic E-state index is 0.0000727. The lowest BCUT2D eigenvalue weighted by molar-refractivity contribution is -0.0499. The van der Waals surface area contributed by atoms with Crippen LogP contribution in [0.5, 0.6) is 5.75 Å². The van der Waals surface area contributed by atoms with Crippen LogP contribution in [0.2, 0.25) is 0 Å². The molecule has 0 saturated carbocycles. The van der Waals surface area contributed by atoms with Crippen molar-refractivity contribution in [2.45, 2.75) is 13.2 Å². The summed E-state index contributed by atoms with van der Waals surface area (Å²) in [4.78, 5) is 13.3. The third-order valence-corrected chi connectivity index (χ3v) is 2.95. The first kappa shape index (κ1) is 16.5. The highest BCUT2D eigenvalue weighted by Crippen LogP contribution is 2.18. The van der Waals surface area contributed by atoms with E-state index in [1.807, 2.05) is 0 Å². The molecule has 1 aromatic carbocycles. The molecule has 9 heteroatoms. The topological polar surface area (TPSA) is 82.6 Å². The third-order valence-electron chi connectivity index (χ3n) is 2.95. The fourth-order valence-electron chi connectivity index (χ4n) is 1.89. The summed E-state index contributed by atoms with van der Waals surface area (Å²) >= 11 is 0. The van der Waals surface area contributed by atoms with Gasteiger partial charge >= 0.3 is 6.61 Å². The Kier molecular flexibility index (Phi) is 5.25. The zero-order valence-electron chi connectivity index (χ0n) is 12.8. The zero-order chi connectivity index (χ0) is 17.5. The van der Waals surface area contributed by atoms with Gasteiger partial charge in [-0.2, -0.15) is 13.8 Å². The molecule has 3 rings (SSSR count). The smallest absolute Gasteiger partial charge is 0.387 e. The molecule has 2 heterocycles. The standard InChI is InChI=1S/C16H12F2N4O3/c17-16(18)24-13-7-2-1-5-11(13)9-20-23-10-14-21-15(22-25-14)12-6-3-4-8-19-12/h1-9,16H,10H2/b20-9+. The number of rotatable bonds is 7. The summed E-state index contributed by atoms with van der Waals surface area (Å²) < 4.78 is 34.1. The van der Waals surface area contributed by atoms with Crippen LogP contribution >= 0.6 is 0 Å². The molecule has 2 aromatic heterocycles. The van der Waals surface area contributed by atoms with Crippen LogP contribution in [0.4, 0.5) is 8.78 Å². The minimum atomic E-state index is -2.92. The first-order valence-electron chi connectivity index (χ1n) is 7.15. The molecular weight excluding hydrogens is 334 g/mol. The number of oxime groups is 1. The second-order valence-corrected chi connectivity index (χ2v) is 4.65. The van der Waals surface area contributed by atoms with Crippen LogP contribution in [0.25, 0.3) is 11.5 Å². The number of hydrogen-bond acceptors (Lipinski definition) is 7. The van der Waals surface area contributed by atoms with Crippen LogP contribution in [0.3, 0.4) is 0 Å². The molecule has 128 valence electrons. The van der Waals surface area contributed by atoms with Crippen LogP contribution in [0.1, 0.15) is 11.5 Å². The Morgan fingerprint density at radius 2 is 2.00 bits per heavy atom. The Morgan fingerprint density at radius 1 is 1.16 bits per heavy atom. The van der Waals surface area contributed by atoms with Crippen molar-refractivity contribution in [3.8, 4) is 17.3 Å². The molecule has 0 unspecified atom stereocenters. The van der Waals surface area contributed by atoms with E-state index in [1.54, 1.807) is 42.6 Å². The van der Waals surface area contributed by atoms with Crippen LogP contribution in [0, 0.1) is 0 Å². The Labute approximate surface area is 140 Å². The second kappa shape index (κ2) is 7.95. The molecule has 0 amide bonds. The summed E-state index contributed by atoms with van der Waals surface area (Å²) in [6.45, 7) is -2.99. The van der Waals surface area contributed by atoms with Gasteiger partial charge in [0.15, 0.2) is 6.61 Å². The molecule has 25 heavy (non-hydrogen) atoms. The number of benzene rings is 1. The van der Waals surface area contributed by atoms with Gasteiger partial charge in [0.25, 0.3) is 5.89 Å². The van der Waals surface area contributed by atoms with E-state index in [-0.39, 0.29) is 18.2 Å². The summed E-state index contributed by atoms with van der Waals surface area (Å²) in [6.07, 6.45) is 2.87. The van der Waals surface area contributed by atoms with Crippen molar-refractivity contribution in [3.05, 3.63) is 60.1 Å². The van der Waals surface area contributed by atoms with Gasteiger partial charge in [-0.3, -0.25) is 4.98 Å². The van der Waals surface area contributed by atoms with Crippen LogP contribution in [-0.2, 0) is 11.4 Å². The molecule has 7 nitrogen and oxygen atoms in total. The molecule has 0 aliphatic carbocycles. The van der Waals surface area contributed by atoms with Gasteiger partial charge in [-0.05, 0) is 24.3 Å². The van der Waals surface area contributed by atoms with Crippen LogP contribution in [0.15, 0.2) is 58.3 Å². The number of nitrogens with zero attached hydrogens (tertiary/aromatic N) is 4. The van der Waals surface area contributed by atoms with Crippen molar-refractivity contribution in [2.75, 3.05) is 0 Å². The van der Waals surface area contributed by atoms with E-state index in [4.69, 9.17) is 9.36 Å². The van der Waals surface area contributed by atoms with E-state index in [2.05, 4.69) is 25.0 Å². The summed E-state index contributed by atoms with van der Waals surface area (Å²) in [5, 5.41) is 7.48. The summed E-state index contributed by atoms with van der Waals surface area (Å²) in [6, 6.07) is 11.5. The summed E-state index contributed by atoms with van der Waals surface area (Å²) in [5.74, 6) is 0.536. The van der Waals surface area contributed by atoms with Crippen molar-refractivity contribution < 1.29 is 22.9 Å². The lowest BCUT2D eigenvalue weighted by Crippen LogP contribution is -2.04. The van der Waals surface area contributed by atoms with Gasteiger partial charge in [0, 0.05) is 11.8 Å². The second-order valence-electron chi connectivity index (χ2n) is 4.65. The van der Waals surface area contributed by atoms with Gasteiger partial charge in [0.2, 0.25) is 5.82 Å². The lowest BCUT2D eigenvalue weighted by Gasteiger charge is -2.06. The Morgan fingerprint density at radius 3 is 2.80 bits per heavy atom. The largest absolute Gasteiger partial charge is 0.434 e. The highest BCUT2D eigenvalue weighted by molar-refractivity contribution is 5.83. The molecule has 0 bridgehead atoms. The normalized spacial score (nSPS) is 11.2. The van der Waals surface area contributed by atoms with Crippen LogP contribution < -0.4 is 4.74 Å². The van der Waals surface area contributed by atoms with E-state index in [9.17, 15) is 8.78 Å². The van der Waals surface area contributed by atoms with Crippen LogP contribution in [-0.4, -0.2) is 28.0 Å². The Bertz CT molecular complexity index is 840. The number of ether oxygens (including phenoxy) is 1. The van der Waals surface area contributed by atoms with E-state index >= 15 is 0 Å². The molecule has 0 radical (unpaired) electrons. The van der Waals surface area contributed by atoms with Gasteiger partial charge in [-0.1, -0.05) is 28.5 Å². The number of aromatic nitrogens is 3. The van der Waals surface area contributed by atoms with Crippen molar-refractivity contribution in [1.82, 2.24) is 15.1 Å². The number of para-hydroxylation sites is 1. The first-order valence-corrected chi connectivity index (χ1v) is 7.15. The first-order chi connectivity index (χ1) is 12.2. The number of alkyl halides is 2.